The van der Waals surface area contributed by atoms with Crippen LogP contribution in [-0.4, -0.2) is 34.2 Å². The molecule has 1 saturated heterocycles. The van der Waals surface area contributed by atoms with Gasteiger partial charge in [0.05, 0.1) is 17.3 Å². The smallest absolute Gasteiger partial charge is 0.0705 e. The summed E-state index contributed by atoms with van der Waals surface area (Å²) in [6, 6.07) is 12.6. The van der Waals surface area contributed by atoms with Gasteiger partial charge in [0.2, 0.25) is 0 Å². The summed E-state index contributed by atoms with van der Waals surface area (Å²) >= 11 is 0. The van der Waals surface area contributed by atoms with Gasteiger partial charge in [-0.15, -0.1) is 0 Å². The number of para-hydroxylation sites is 1. The lowest BCUT2D eigenvalue weighted by Crippen LogP contribution is -2.46. The number of aliphatic hydroxyl groups excluding tert-OH is 1. The van der Waals surface area contributed by atoms with E-state index in [0.29, 0.717) is 0 Å². The molecule has 3 heteroatoms. The molecule has 2 atom stereocenters. The van der Waals surface area contributed by atoms with E-state index in [-0.39, 0.29) is 11.5 Å². The number of pyridine rings is 1. The molecule has 2 aromatic rings. The van der Waals surface area contributed by atoms with Crippen molar-refractivity contribution < 1.29 is 5.11 Å². The van der Waals surface area contributed by atoms with Crippen LogP contribution in [0.15, 0.2) is 36.4 Å². The lowest BCUT2D eigenvalue weighted by Gasteiger charge is -2.42. The van der Waals surface area contributed by atoms with Crippen LogP contribution in [0.5, 0.6) is 0 Å². The van der Waals surface area contributed by atoms with Crippen LogP contribution in [0.3, 0.4) is 0 Å². The molecule has 116 valence electrons. The molecule has 1 N–H and O–H groups in total. The van der Waals surface area contributed by atoms with Crippen LogP contribution < -0.4 is 0 Å². The molecule has 0 amide bonds. The van der Waals surface area contributed by atoms with E-state index in [1.807, 2.05) is 6.07 Å². The molecule has 1 aliphatic carbocycles. The zero-order chi connectivity index (χ0) is 15.0. The first-order valence-electron chi connectivity index (χ1n) is 8.50. The molecule has 1 aliphatic heterocycles. The first-order valence-corrected chi connectivity index (χ1v) is 8.50. The monoisotopic (exact) mass is 296 g/mol. The second-order valence-electron chi connectivity index (χ2n) is 7.08. The van der Waals surface area contributed by atoms with E-state index in [1.54, 1.807) is 0 Å². The van der Waals surface area contributed by atoms with Crippen LogP contribution in [0.4, 0.5) is 0 Å². The normalized spacial score (nSPS) is 29.4. The van der Waals surface area contributed by atoms with E-state index in [1.165, 1.54) is 31.1 Å². The number of aromatic nitrogens is 1. The van der Waals surface area contributed by atoms with Gasteiger partial charge in [-0.3, -0.25) is 9.88 Å². The molecule has 4 rings (SSSR count). The highest BCUT2D eigenvalue weighted by molar-refractivity contribution is 5.78. The fourth-order valence-electron chi connectivity index (χ4n) is 4.41. The summed E-state index contributed by atoms with van der Waals surface area (Å²) in [5.41, 5.74) is 2.38. The molecule has 1 aromatic heterocycles. The number of likely N-dealkylation sites (tertiary alicyclic amines) is 1. The number of hydrogen-bond acceptors (Lipinski definition) is 3. The summed E-state index contributed by atoms with van der Waals surface area (Å²) in [4.78, 5) is 7.29. The highest BCUT2D eigenvalue weighted by atomic mass is 16.3. The predicted octanol–water partition coefficient (Wildman–Crippen LogP) is 3.36. The maximum atomic E-state index is 10.4. The Morgan fingerprint density at radius 3 is 2.86 bits per heavy atom. The topological polar surface area (TPSA) is 36.4 Å². The minimum absolute atomic E-state index is 0.0973. The molecular formula is C19H24N2O. The van der Waals surface area contributed by atoms with Crippen molar-refractivity contribution in [2.24, 2.45) is 5.41 Å². The number of hydrogen-bond donors (Lipinski definition) is 1. The van der Waals surface area contributed by atoms with Crippen LogP contribution in [0.1, 0.15) is 37.8 Å². The molecule has 2 fully saturated rings. The van der Waals surface area contributed by atoms with Crippen molar-refractivity contribution in [3.63, 3.8) is 0 Å². The number of piperidine rings is 1. The van der Waals surface area contributed by atoms with Crippen molar-refractivity contribution in [3.8, 4) is 0 Å². The maximum Gasteiger partial charge on any atom is 0.0705 e. The van der Waals surface area contributed by atoms with Gasteiger partial charge in [0.25, 0.3) is 0 Å². The average Bonchev–Trinajstić information content (AvgIpc) is 2.87. The van der Waals surface area contributed by atoms with Crippen LogP contribution in [0.25, 0.3) is 10.9 Å². The van der Waals surface area contributed by atoms with Gasteiger partial charge in [-0.25, -0.2) is 0 Å². The highest BCUT2D eigenvalue weighted by Gasteiger charge is 2.44. The Balaban J connectivity index is 1.52. The Morgan fingerprint density at radius 1 is 1.14 bits per heavy atom. The third-order valence-corrected chi connectivity index (χ3v) is 5.59. The summed E-state index contributed by atoms with van der Waals surface area (Å²) < 4.78 is 0. The second kappa shape index (κ2) is 5.64. The standard InChI is InChI=1S/C19H24N2O/c22-18-7-3-10-19(18)11-4-12-21(14-19)13-16-9-8-15-5-1-2-6-17(15)20-16/h1-2,5-6,8-9,18,22H,3-4,7,10-14H2/t18-,19-/m1/s1. The van der Waals surface area contributed by atoms with Gasteiger partial charge in [-0.1, -0.05) is 30.7 Å². The predicted molar refractivity (Wildman–Crippen MR) is 88.5 cm³/mol. The molecule has 0 unspecified atom stereocenters. The molecule has 0 radical (unpaired) electrons. The van der Waals surface area contributed by atoms with E-state index < -0.39 is 0 Å². The lowest BCUT2D eigenvalue weighted by atomic mass is 9.76. The SMILES string of the molecule is O[C@@H]1CCC[C@]12CCCN(Cc1ccc3ccccc3n1)C2. The molecule has 1 spiro atoms. The van der Waals surface area contributed by atoms with Crippen LogP contribution in [0, 0.1) is 5.41 Å². The first-order chi connectivity index (χ1) is 10.8. The van der Waals surface area contributed by atoms with Gasteiger partial charge in [0, 0.05) is 23.9 Å². The molecule has 2 aliphatic rings. The van der Waals surface area contributed by atoms with Gasteiger partial charge in [0.1, 0.15) is 0 Å². The first kappa shape index (κ1) is 14.2. The van der Waals surface area contributed by atoms with Gasteiger partial charge < -0.3 is 5.11 Å². The number of benzene rings is 1. The molecule has 1 saturated carbocycles. The van der Waals surface area contributed by atoms with E-state index in [2.05, 4.69) is 35.2 Å². The average molecular weight is 296 g/mol. The lowest BCUT2D eigenvalue weighted by molar-refractivity contribution is -0.0123. The van der Waals surface area contributed by atoms with Gasteiger partial charge >= 0.3 is 0 Å². The summed E-state index contributed by atoms with van der Waals surface area (Å²) in [6.45, 7) is 3.06. The molecule has 1 aromatic carbocycles. The van der Waals surface area contributed by atoms with Gasteiger partial charge in [0.15, 0.2) is 0 Å². The van der Waals surface area contributed by atoms with E-state index in [0.717, 1.165) is 37.3 Å². The van der Waals surface area contributed by atoms with Gasteiger partial charge in [-0.05, 0) is 44.4 Å². The van der Waals surface area contributed by atoms with Crippen LogP contribution >= 0.6 is 0 Å². The number of fused-ring (bicyclic) bond motifs is 1. The number of nitrogens with zero attached hydrogens (tertiary/aromatic N) is 2. The fraction of sp³-hybridized carbons (Fsp3) is 0.526. The van der Waals surface area contributed by atoms with E-state index in [4.69, 9.17) is 4.98 Å². The van der Waals surface area contributed by atoms with Gasteiger partial charge in [-0.2, -0.15) is 0 Å². The van der Waals surface area contributed by atoms with E-state index in [9.17, 15) is 5.11 Å². The highest BCUT2D eigenvalue weighted by Crippen LogP contribution is 2.45. The van der Waals surface area contributed by atoms with Crippen molar-refractivity contribution in [2.75, 3.05) is 13.1 Å². The minimum atomic E-state index is -0.0973. The van der Waals surface area contributed by atoms with E-state index >= 15 is 0 Å². The Labute approximate surface area is 132 Å². The number of aliphatic hydroxyl groups is 1. The number of rotatable bonds is 2. The molecule has 3 nitrogen and oxygen atoms in total. The summed E-state index contributed by atoms with van der Waals surface area (Å²) in [7, 11) is 0. The van der Waals surface area contributed by atoms with Crippen LogP contribution in [-0.2, 0) is 6.54 Å². The van der Waals surface area contributed by atoms with Crippen molar-refractivity contribution in [2.45, 2.75) is 44.8 Å². The Morgan fingerprint density at radius 2 is 2.00 bits per heavy atom. The molecule has 22 heavy (non-hydrogen) atoms. The Hall–Kier alpha value is -1.45. The van der Waals surface area contributed by atoms with Crippen molar-refractivity contribution >= 4 is 10.9 Å². The maximum absolute atomic E-state index is 10.4. The van der Waals surface area contributed by atoms with Crippen molar-refractivity contribution in [1.82, 2.24) is 9.88 Å². The summed E-state index contributed by atoms with van der Waals surface area (Å²) in [6.07, 6.45) is 5.65. The molecular weight excluding hydrogens is 272 g/mol. The Bertz CT molecular complexity index is 671. The zero-order valence-electron chi connectivity index (χ0n) is 13.0. The summed E-state index contributed by atoms with van der Waals surface area (Å²) in [5.74, 6) is 0. The third kappa shape index (κ3) is 2.53. The van der Waals surface area contributed by atoms with Crippen LogP contribution in [0.2, 0.25) is 0 Å². The van der Waals surface area contributed by atoms with Crippen molar-refractivity contribution in [1.29, 1.82) is 0 Å². The third-order valence-electron chi connectivity index (χ3n) is 5.59. The minimum Gasteiger partial charge on any atom is -0.393 e. The zero-order valence-corrected chi connectivity index (χ0v) is 13.0. The summed E-state index contributed by atoms with van der Waals surface area (Å²) in [5, 5.41) is 11.6. The van der Waals surface area contributed by atoms with Crippen molar-refractivity contribution in [3.05, 3.63) is 42.1 Å². The quantitative estimate of drug-likeness (QED) is 0.923. The largest absolute Gasteiger partial charge is 0.393 e. The fourth-order valence-corrected chi connectivity index (χ4v) is 4.41. The second-order valence-corrected chi connectivity index (χ2v) is 7.08. The molecule has 0 bridgehead atoms. The Kier molecular flexibility index (Phi) is 3.63. The molecule has 2 heterocycles.